The number of nitrogens with one attached hydrogen (secondary N) is 2. The molecular formula is C29H41F3N4O. The third kappa shape index (κ3) is 6.39. The van der Waals surface area contributed by atoms with E-state index in [1.54, 1.807) is 6.07 Å². The average molecular weight is 519 g/mol. The van der Waals surface area contributed by atoms with Gasteiger partial charge in [-0.25, -0.2) is 0 Å². The molecule has 1 aliphatic carbocycles. The highest BCUT2D eigenvalue weighted by atomic mass is 19.4. The summed E-state index contributed by atoms with van der Waals surface area (Å²) in [6.07, 6.45) is 2.04. The fraction of sp³-hybridized carbons (Fsp3) is 0.655. The van der Waals surface area contributed by atoms with Crippen LogP contribution in [0.15, 0.2) is 36.5 Å². The number of amides is 1. The van der Waals surface area contributed by atoms with Crippen molar-refractivity contribution in [1.29, 1.82) is 0 Å². The number of rotatable bonds is 4. The molecule has 1 aromatic carbocycles. The van der Waals surface area contributed by atoms with E-state index >= 15 is 0 Å². The normalized spacial score (nSPS) is 27.3. The minimum Gasteiger partial charge on any atom is -0.352 e. The van der Waals surface area contributed by atoms with Crippen LogP contribution in [0.4, 0.5) is 13.2 Å². The first-order valence-electron chi connectivity index (χ1n) is 13.4. The molecule has 1 amide bonds. The van der Waals surface area contributed by atoms with Crippen LogP contribution in [0.1, 0.15) is 102 Å². The molecule has 2 heterocycles. The van der Waals surface area contributed by atoms with Crippen molar-refractivity contribution in [3.8, 4) is 0 Å². The average Bonchev–Trinajstić information content (AvgIpc) is 3.46. The zero-order valence-electron chi connectivity index (χ0n) is 22.8. The van der Waals surface area contributed by atoms with Gasteiger partial charge in [-0.3, -0.25) is 14.8 Å². The molecule has 2 N–H and O–H groups in total. The number of nitrogens with zero attached hydrogens (tertiary/aromatic N) is 2. The van der Waals surface area contributed by atoms with Crippen molar-refractivity contribution in [3.05, 3.63) is 53.3 Å². The largest absolute Gasteiger partial charge is 0.416 e. The number of alkyl halides is 3. The summed E-state index contributed by atoms with van der Waals surface area (Å²) in [6, 6.07) is 6.54. The summed E-state index contributed by atoms with van der Waals surface area (Å²) in [5.41, 5.74) is 0.661. The lowest BCUT2D eigenvalue weighted by Crippen LogP contribution is -2.47. The zero-order valence-corrected chi connectivity index (χ0v) is 22.8. The second kappa shape index (κ2) is 10.1. The molecule has 1 aliphatic heterocycles. The van der Waals surface area contributed by atoms with Crippen molar-refractivity contribution >= 4 is 5.91 Å². The number of aromatic nitrogens is 2. The summed E-state index contributed by atoms with van der Waals surface area (Å²) in [5.74, 6) is 0.353. The molecule has 0 spiro atoms. The Kier molecular flexibility index (Phi) is 7.54. The van der Waals surface area contributed by atoms with E-state index in [9.17, 15) is 18.0 Å². The van der Waals surface area contributed by atoms with Gasteiger partial charge >= 0.3 is 6.18 Å². The van der Waals surface area contributed by atoms with E-state index in [1.165, 1.54) is 12.1 Å². The lowest BCUT2D eigenvalue weighted by atomic mass is 9.71. The second-order valence-corrected chi connectivity index (χ2v) is 12.9. The zero-order chi connectivity index (χ0) is 27.2. The molecule has 1 unspecified atom stereocenters. The van der Waals surface area contributed by atoms with Gasteiger partial charge in [0.2, 0.25) is 5.91 Å². The van der Waals surface area contributed by atoms with Crippen LogP contribution in [-0.4, -0.2) is 27.8 Å². The molecule has 0 bridgehead atoms. The van der Waals surface area contributed by atoms with Crippen molar-refractivity contribution < 1.29 is 18.0 Å². The van der Waals surface area contributed by atoms with Crippen LogP contribution in [0, 0.1) is 11.3 Å². The van der Waals surface area contributed by atoms with E-state index < -0.39 is 23.8 Å². The van der Waals surface area contributed by atoms with Crippen molar-refractivity contribution in [2.24, 2.45) is 11.3 Å². The number of halogens is 3. The first kappa shape index (κ1) is 27.7. The lowest BCUT2D eigenvalue weighted by molar-refractivity contribution is -0.137. The molecule has 5 nitrogen and oxygen atoms in total. The van der Waals surface area contributed by atoms with E-state index in [1.807, 2.05) is 37.7 Å². The third-order valence-corrected chi connectivity index (χ3v) is 8.14. The molecule has 204 valence electrons. The number of carbonyl (C=O) groups is 1. The molecule has 1 saturated heterocycles. The standard InChI is InChI=1S/C29H41F3N4O/c1-27(2,3)19-10-12-21(13-11-19)33-26(37)24-17-22(23-14-15-36(35-23)28(4,5)6)25(34-24)18-8-7-9-20(16-18)29(30,31)32/h7-9,14-16,19,21-22,24-25,34H,10-13,17H2,1-6H3,(H,33,37)/t19?,21?,22?,24-,25-/m0/s1. The molecule has 3 atom stereocenters. The number of carbonyl (C=O) groups excluding carboxylic acids is 1. The van der Waals surface area contributed by atoms with Crippen molar-refractivity contribution in [3.63, 3.8) is 0 Å². The number of hydrogen-bond acceptors (Lipinski definition) is 3. The second-order valence-electron chi connectivity index (χ2n) is 12.9. The molecule has 2 fully saturated rings. The molecule has 0 radical (unpaired) electrons. The molecule has 1 aromatic heterocycles. The third-order valence-electron chi connectivity index (χ3n) is 8.14. The van der Waals surface area contributed by atoms with Crippen LogP contribution in [0.5, 0.6) is 0 Å². The highest BCUT2D eigenvalue weighted by molar-refractivity contribution is 5.82. The monoisotopic (exact) mass is 518 g/mol. The van der Waals surface area contributed by atoms with Crippen molar-refractivity contribution in [1.82, 2.24) is 20.4 Å². The van der Waals surface area contributed by atoms with Gasteiger partial charge in [-0.1, -0.05) is 32.9 Å². The summed E-state index contributed by atoms with van der Waals surface area (Å²) in [4.78, 5) is 13.4. The van der Waals surface area contributed by atoms with Crippen LogP contribution in [0.25, 0.3) is 0 Å². The molecular weight excluding hydrogens is 477 g/mol. The van der Waals surface area contributed by atoms with Crippen LogP contribution < -0.4 is 10.6 Å². The van der Waals surface area contributed by atoms with Gasteiger partial charge in [0, 0.05) is 24.2 Å². The predicted molar refractivity (Wildman–Crippen MR) is 139 cm³/mol. The minimum absolute atomic E-state index is 0.0751. The maximum absolute atomic E-state index is 13.5. The maximum Gasteiger partial charge on any atom is 0.416 e. The Balaban J connectivity index is 1.54. The van der Waals surface area contributed by atoms with Gasteiger partial charge in [0.05, 0.1) is 22.8 Å². The first-order chi connectivity index (χ1) is 17.1. The number of hydrogen-bond donors (Lipinski definition) is 2. The Morgan fingerprint density at radius 2 is 1.70 bits per heavy atom. The number of benzene rings is 1. The molecule has 8 heteroatoms. The summed E-state index contributed by atoms with van der Waals surface area (Å²) in [5, 5.41) is 11.4. The highest BCUT2D eigenvalue weighted by Crippen LogP contribution is 2.42. The Morgan fingerprint density at radius 1 is 1.03 bits per heavy atom. The Labute approximate surface area is 218 Å². The summed E-state index contributed by atoms with van der Waals surface area (Å²) in [7, 11) is 0. The van der Waals surface area contributed by atoms with Gasteiger partial charge in [-0.05, 0) is 88.0 Å². The Hall–Kier alpha value is -2.35. The van der Waals surface area contributed by atoms with Gasteiger partial charge in [0.25, 0.3) is 0 Å². The Morgan fingerprint density at radius 3 is 2.27 bits per heavy atom. The van der Waals surface area contributed by atoms with Gasteiger partial charge in [0.1, 0.15) is 0 Å². The van der Waals surface area contributed by atoms with Gasteiger partial charge in [0.15, 0.2) is 0 Å². The van der Waals surface area contributed by atoms with Crippen LogP contribution in [0.2, 0.25) is 0 Å². The van der Waals surface area contributed by atoms with E-state index in [-0.39, 0.29) is 28.8 Å². The summed E-state index contributed by atoms with van der Waals surface area (Å²) in [6.45, 7) is 13.0. The van der Waals surface area contributed by atoms with Gasteiger partial charge in [-0.15, -0.1) is 0 Å². The van der Waals surface area contributed by atoms with E-state index in [2.05, 4.69) is 31.4 Å². The molecule has 2 aromatic rings. The van der Waals surface area contributed by atoms with Gasteiger partial charge < -0.3 is 5.32 Å². The molecule has 37 heavy (non-hydrogen) atoms. The van der Waals surface area contributed by atoms with Crippen LogP contribution in [-0.2, 0) is 16.5 Å². The summed E-state index contributed by atoms with van der Waals surface area (Å²) >= 11 is 0. The predicted octanol–water partition coefficient (Wildman–Crippen LogP) is 6.56. The SMILES string of the molecule is CC(C)(C)C1CCC(NC(=O)[C@@H]2CC(c3ccn(C(C)(C)C)n3)[C@H](c3cccc(C(F)(F)F)c3)N2)CC1. The topological polar surface area (TPSA) is 59.0 Å². The maximum atomic E-state index is 13.5. The van der Waals surface area contributed by atoms with E-state index in [0.717, 1.165) is 37.4 Å². The lowest BCUT2D eigenvalue weighted by Gasteiger charge is -2.37. The van der Waals surface area contributed by atoms with E-state index in [4.69, 9.17) is 5.10 Å². The highest BCUT2D eigenvalue weighted by Gasteiger charge is 2.42. The minimum atomic E-state index is -4.43. The smallest absolute Gasteiger partial charge is 0.352 e. The quantitative estimate of drug-likeness (QED) is 0.482. The summed E-state index contributed by atoms with van der Waals surface area (Å²) < 4.78 is 42.3. The van der Waals surface area contributed by atoms with Gasteiger partial charge in [-0.2, -0.15) is 18.3 Å². The molecule has 4 rings (SSSR count). The van der Waals surface area contributed by atoms with Crippen molar-refractivity contribution in [2.75, 3.05) is 0 Å². The first-order valence-corrected chi connectivity index (χ1v) is 13.4. The molecule has 2 aliphatic rings. The fourth-order valence-corrected chi connectivity index (χ4v) is 5.82. The fourth-order valence-electron chi connectivity index (χ4n) is 5.82. The Bertz CT molecular complexity index is 1090. The van der Waals surface area contributed by atoms with Crippen molar-refractivity contribution in [2.45, 2.75) is 109 Å². The van der Waals surface area contributed by atoms with E-state index in [0.29, 0.717) is 17.9 Å². The van der Waals surface area contributed by atoms with Crippen LogP contribution in [0.3, 0.4) is 0 Å². The van der Waals surface area contributed by atoms with Crippen LogP contribution >= 0.6 is 0 Å². The molecule has 1 saturated carbocycles.